The van der Waals surface area contributed by atoms with Gasteiger partial charge in [0.05, 0.1) is 6.61 Å². The Morgan fingerprint density at radius 3 is 2.92 bits per heavy atom. The monoisotopic (exact) mass is 196 g/mol. The third-order valence-electron chi connectivity index (χ3n) is 2.57. The van der Waals surface area contributed by atoms with Crippen LogP contribution in [0.5, 0.6) is 0 Å². The van der Waals surface area contributed by atoms with E-state index in [0.29, 0.717) is 11.8 Å². The van der Waals surface area contributed by atoms with E-state index in [1.165, 1.54) is 11.1 Å². The van der Waals surface area contributed by atoms with E-state index in [0.717, 1.165) is 19.6 Å². The highest BCUT2D eigenvalue weighted by Crippen LogP contribution is 2.28. The molecule has 1 atom stereocenters. The normalized spacial score (nSPS) is 22.1. The van der Waals surface area contributed by atoms with Crippen molar-refractivity contribution in [1.82, 2.24) is 0 Å². The smallest absolute Gasteiger partial charge is 0.0535 e. The molecule has 1 fully saturated rings. The Balaban J connectivity index is 2.26. The Kier molecular flexibility index (Phi) is 2.87. The summed E-state index contributed by atoms with van der Waals surface area (Å²) in [4.78, 5) is 0. The van der Waals surface area contributed by atoms with Crippen LogP contribution >= 0.6 is 11.6 Å². The molecule has 1 heterocycles. The second kappa shape index (κ2) is 4.12. The maximum Gasteiger partial charge on any atom is 0.0535 e. The molecule has 0 bridgehead atoms. The van der Waals surface area contributed by atoms with Crippen molar-refractivity contribution in [3.8, 4) is 0 Å². The lowest BCUT2D eigenvalue weighted by Crippen LogP contribution is -2.00. The van der Waals surface area contributed by atoms with Gasteiger partial charge in [-0.3, -0.25) is 0 Å². The van der Waals surface area contributed by atoms with Gasteiger partial charge in [-0.25, -0.2) is 0 Å². The Morgan fingerprint density at radius 1 is 1.38 bits per heavy atom. The molecule has 0 N–H and O–H groups in total. The molecular weight excluding hydrogens is 184 g/mol. The van der Waals surface area contributed by atoms with E-state index in [9.17, 15) is 0 Å². The highest BCUT2D eigenvalue weighted by atomic mass is 35.5. The quantitative estimate of drug-likeness (QED) is 0.661. The van der Waals surface area contributed by atoms with E-state index >= 15 is 0 Å². The molecule has 1 aromatic carbocycles. The van der Waals surface area contributed by atoms with Crippen molar-refractivity contribution in [3.05, 3.63) is 35.4 Å². The van der Waals surface area contributed by atoms with Crippen LogP contribution < -0.4 is 0 Å². The van der Waals surface area contributed by atoms with Crippen molar-refractivity contribution < 1.29 is 4.74 Å². The molecule has 1 aromatic rings. The predicted molar refractivity (Wildman–Crippen MR) is 54.2 cm³/mol. The first kappa shape index (κ1) is 9.04. The molecule has 70 valence electrons. The van der Waals surface area contributed by atoms with Gasteiger partial charge in [-0.1, -0.05) is 24.3 Å². The van der Waals surface area contributed by atoms with E-state index in [1.54, 1.807) is 0 Å². The Labute approximate surface area is 83.7 Å². The number of ether oxygens (including phenoxy) is 1. The highest BCUT2D eigenvalue weighted by Gasteiger charge is 2.19. The van der Waals surface area contributed by atoms with Crippen LogP contribution in [-0.4, -0.2) is 13.2 Å². The SMILES string of the molecule is ClCc1ccccc1C1CCOC1. The minimum absolute atomic E-state index is 0.565. The summed E-state index contributed by atoms with van der Waals surface area (Å²) in [5.41, 5.74) is 2.62. The second-order valence-electron chi connectivity index (χ2n) is 3.39. The number of hydrogen-bond acceptors (Lipinski definition) is 1. The number of hydrogen-bond donors (Lipinski definition) is 0. The third-order valence-corrected chi connectivity index (χ3v) is 2.86. The van der Waals surface area contributed by atoms with Gasteiger partial charge in [-0.2, -0.15) is 0 Å². The standard InChI is InChI=1S/C11H13ClO/c12-7-9-3-1-2-4-11(9)10-5-6-13-8-10/h1-4,10H,5-8H2. The average molecular weight is 197 g/mol. The largest absolute Gasteiger partial charge is 0.381 e. The summed E-state index contributed by atoms with van der Waals surface area (Å²) in [6, 6.07) is 8.37. The first-order valence-corrected chi connectivity index (χ1v) is 5.17. The van der Waals surface area contributed by atoms with Crippen LogP contribution in [0.2, 0.25) is 0 Å². The van der Waals surface area contributed by atoms with Gasteiger partial charge >= 0.3 is 0 Å². The van der Waals surface area contributed by atoms with Gasteiger partial charge in [-0.15, -0.1) is 11.6 Å². The van der Waals surface area contributed by atoms with Gasteiger partial charge in [0.15, 0.2) is 0 Å². The van der Waals surface area contributed by atoms with Gasteiger partial charge < -0.3 is 4.74 Å². The van der Waals surface area contributed by atoms with E-state index in [-0.39, 0.29) is 0 Å². The Hall–Kier alpha value is -0.530. The highest BCUT2D eigenvalue weighted by molar-refractivity contribution is 6.17. The van der Waals surface area contributed by atoms with Crippen LogP contribution in [0.4, 0.5) is 0 Å². The summed E-state index contributed by atoms with van der Waals surface area (Å²) in [5.74, 6) is 1.17. The number of rotatable bonds is 2. The molecule has 0 aromatic heterocycles. The zero-order valence-electron chi connectivity index (χ0n) is 7.50. The number of benzene rings is 1. The summed E-state index contributed by atoms with van der Waals surface area (Å²) >= 11 is 5.87. The van der Waals surface area contributed by atoms with Gasteiger partial charge in [-0.05, 0) is 17.5 Å². The van der Waals surface area contributed by atoms with Crippen LogP contribution in [0.1, 0.15) is 23.5 Å². The molecule has 13 heavy (non-hydrogen) atoms. The fraction of sp³-hybridized carbons (Fsp3) is 0.455. The lowest BCUT2D eigenvalue weighted by molar-refractivity contribution is 0.194. The van der Waals surface area contributed by atoms with Crippen molar-refractivity contribution in [1.29, 1.82) is 0 Å². The van der Waals surface area contributed by atoms with Gasteiger partial charge in [0.1, 0.15) is 0 Å². The lowest BCUT2D eigenvalue weighted by Gasteiger charge is -2.11. The summed E-state index contributed by atoms with van der Waals surface area (Å²) in [7, 11) is 0. The van der Waals surface area contributed by atoms with E-state index in [4.69, 9.17) is 16.3 Å². The predicted octanol–water partition coefficient (Wildman–Crippen LogP) is 2.93. The number of alkyl halides is 1. The van der Waals surface area contributed by atoms with Crippen LogP contribution in [0.3, 0.4) is 0 Å². The molecule has 0 saturated carbocycles. The van der Waals surface area contributed by atoms with Gasteiger partial charge in [0.2, 0.25) is 0 Å². The average Bonchev–Trinajstić information content (AvgIpc) is 2.70. The first-order valence-electron chi connectivity index (χ1n) is 4.63. The third kappa shape index (κ3) is 1.87. The molecule has 1 unspecified atom stereocenters. The van der Waals surface area contributed by atoms with Gasteiger partial charge in [0.25, 0.3) is 0 Å². The lowest BCUT2D eigenvalue weighted by atomic mass is 9.94. The van der Waals surface area contributed by atoms with Crippen molar-refractivity contribution in [3.63, 3.8) is 0 Å². The van der Waals surface area contributed by atoms with Crippen molar-refractivity contribution in [2.75, 3.05) is 13.2 Å². The molecule has 1 saturated heterocycles. The molecule has 1 aliphatic heterocycles. The minimum Gasteiger partial charge on any atom is -0.381 e. The van der Waals surface area contributed by atoms with Crippen LogP contribution in [0, 0.1) is 0 Å². The molecule has 0 aliphatic carbocycles. The minimum atomic E-state index is 0.565. The van der Waals surface area contributed by atoms with Crippen LogP contribution in [0.25, 0.3) is 0 Å². The molecule has 2 heteroatoms. The molecule has 0 radical (unpaired) electrons. The van der Waals surface area contributed by atoms with Crippen molar-refractivity contribution in [2.24, 2.45) is 0 Å². The van der Waals surface area contributed by atoms with Crippen molar-refractivity contribution >= 4 is 11.6 Å². The molecule has 1 aliphatic rings. The summed E-state index contributed by atoms with van der Waals surface area (Å²) < 4.78 is 5.37. The summed E-state index contributed by atoms with van der Waals surface area (Å²) in [6.45, 7) is 1.75. The molecule has 0 spiro atoms. The summed E-state index contributed by atoms with van der Waals surface area (Å²) in [5, 5.41) is 0. The van der Waals surface area contributed by atoms with E-state index < -0.39 is 0 Å². The number of halogens is 1. The maximum absolute atomic E-state index is 5.87. The fourth-order valence-electron chi connectivity index (χ4n) is 1.83. The van der Waals surface area contributed by atoms with Crippen molar-refractivity contribution in [2.45, 2.75) is 18.2 Å². The zero-order valence-corrected chi connectivity index (χ0v) is 8.26. The van der Waals surface area contributed by atoms with E-state index in [2.05, 4.69) is 18.2 Å². The van der Waals surface area contributed by atoms with Gasteiger partial charge in [0, 0.05) is 18.4 Å². The molecular formula is C11H13ClO. The Bertz CT molecular complexity index is 279. The maximum atomic E-state index is 5.87. The summed E-state index contributed by atoms with van der Waals surface area (Å²) in [6.07, 6.45) is 1.13. The Morgan fingerprint density at radius 2 is 2.23 bits per heavy atom. The second-order valence-corrected chi connectivity index (χ2v) is 3.66. The molecule has 1 nitrogen and oxygen atoms in total. The topological polar surface area (TPSA) is 9.23 Å². The van der Waals surface area contributed by atoms with E-state index in [1.807, 2.05) is 6.07 Å². The zero-order chi connectivity index (χ0) is 9.10. The molecule has 0 amide bonds. The van der Waals surface area contributed by atoms with Crippen LogP contribution in [-0.2, 0) is 10.6 Å². The van der Waals surface area contributed by atoms with Crippen LogP contribution in [0.15, 0.2) is 24.3 Å². The first-order chi connectivity index (χ1) is 6.42. The molecule has 2 rings (SSSR count). The fourth-order valence-corrected chi connectivity index (χ4v) is 2.08.